The van der Waals surface area contributed by atoms with Crippen LogP contribution < -0.4 is 10.1 Å². The van der Waals surface area contributed by atoms with Crippen molar-refractivity contribution < 1.29 is 27.4 Å². The molecule has 29 heavy (non-hydrogen) atoms. The zero-order chi connectivity index (χ0) is 21.2. The third-order valence-electron chi connectivity index (χ3n) is 4.24. The van der Waals surface area contributed by atoms with Crippen molar-refractivity contribution in [3.8, 4) is 5.75 Å². The predicted octanol–water partition coefficient (Wildman–Crippen LogP) is 2.52. The molecule has 2 aromatic rings. The van der Waals surface area contributed by atoms with Gasteiger partial charge in [0.25, 0.3) is 10.0 Å². The number of hydrogen-bond donors (Lipinski definition) is 3. The standard InChI is InChI=1S/C18H18FN3O5S2/c1-11-2-5-17(28-11)29(25,26)22-9-16(23)21-8-13(18(22)24)6-12-7-14(19)3-4-15(12)27-10-20/h2-5,7,9-10,13,20-21,23H,6,8H2,1H3. The van der Waals surface area contributed by atoms with E-state index in [-0.39, 0.29) is 22.9 Å². The third-order valence-corrected chi connectivity index (χ3v) is 7.36. The van der Waals surface area contributed by atoms with E-state index in [1.807, 2.05) is 0 Å². The molecule has 1 atom stereocenters. The second kappa shape index (κ2) is 8.21. The lowest BCUT2D eigenvalue weighted by Gasteiger charge is -2.21. The first-order valence-corrected chi connectivity index (χ1v) is 10.7. The lowest BCUT2D eigenvalue weighted by atomic mass is 9.97. The van der Waals surface area contributed by atoms with Crippen LogP contribution in [-0.4, -0.2) is 36.7 Å². The van der Waals surface area contributed by atoms with Crippen molar-refractivity contribution in [2.45, 2.75) is 17.6 Å². The normalized spacial score (nSPS) is 17.3. The number of carbonyl (C=O) groups excluding carboxylic acids is 1. The van der Waals surface area contributed by atoms with Gasteiger partial charge in [0.15, 0.2) is 6.40 Å². The minimum Gasteiger partial charge on any atom is -0.494 e. The van der Waals surface area contributed by atoms with Gasteiger partial charge in [-0.3, -0.25) is 10.2 Å². The fourth-order valence-corrected chi connectivity index (χ4v) is 5.57. The molecule has 3 N–H and O–H groups in total. The maximum atomic E-state index is 13.7. The van der Waals surface area contributed by atoms with E-state index in [1.54, 1.807) is 13.0 Å². The molecule has 11 heteroatoms. The van der Waals surface area contributed by atoms with Crippen LogP contribution in [0.4, 0.5) is 4.39 Å². The molecule has 8 nitrogen and oxygen atoms in total. The minimum absolute atomic E-state index is 0.0355. The summed E-state index contributed by atoms with van der Waals surface area (Å²) in [5.74, 6) is -2.59. The van der Waals surface area contributed by atoms with Gasteiger partial charge in [0.1, 0.15) is 15.8 Å². The van der Waals surface area contributed by atoms with E-state index >= 15 is 0 Å². The number of aliphatic hydroxyl groups is 1. The van der Waals surface area contributed by atoms with Crippen molar-refractivity contribution in [1.82, 2.24) is 9.62 Å². The molecule has 1 aliphatic heterocycles. The van der Waals surface area contributed by atoms with Crippen LogP contribution in [-0.2, 0) is 21.2 Å². The molecule has 1 amide bonds. The molecule has 1 aliphatic rings. The Morgan fingerprint density at radius 1 is 1.41 bits per heavy atom. The molecular weight excluding hydrogens is 421 g/mol. The SMILES string of the molecule is Cc1ccc(S(=O)(=O)N2C=C(O)NCC(Cc3cc(F)ccc3OC=N)C2=O)s1. The monoisotopic (exact) mass is 439 g/mol. The smallest absolute Gasteiger partial charge is 0.280 e. The Bertz CT molecular complexity index is 1080. The Morgan fingerprint density at radius 3 is 2.83 bits per heavy atom. The van der Waals surface area contributed by atoms with Gasteiger partial charge in [-0.05, 0) is 49.2 Å². The largest absolute Gasteiger partial charge is 0.494 e. The van der Waals surface area contributed by atoms with E-state index in [4.69, 9.17) is 10.1 Å². The molecule has 0 fully saturated rings. The highest BCUT2D eigenvalue weighted by Gasteiger charge is 2.36. The number of ether oxygens (including phenoxy) is 1. The maximum absolute atomic E-state index is 13.7. The molecule has 3 rings (SSSR count). The van der Waals surface area contributed by atoms with Crippen LogP contribution in [0.1, 0.15) is 10.4 Å². The Morgan fingerprint density at radius 2 is 2.17 bits per heavy atom. The lowest BCUT2D eigenvalue weighted by Crippen LogP contribution is -2.38. The Balaban J connectivity index is 1.96. The first kappa shape index (κ1) is 20.8. The minimum atomic E-state index is -4.22. The molecule has 1 unspecified atom stereocenters. The van der Waals surface area contributed by atoms with Gasteiger partial charge in [-0.15, -0.1) is 11.3 Å². The number of aryl methyl sites for hydroxylation is 1. The number of nitrogens with one attached hydrogen (secondary N) is 2. The molecule has 0 bridgehead atoms. The summed E-state index contributed by atoms with van der Waals surface area (Å²) in [6, 6.07) is 6.64. The Kier molecular flexibility index (Phi) is 5.89. The highest BCUT2D eigenvalue weighted by molar-refractivity contribution is 7.91. The number of hydrogen-bond acceptors (Lipinski definition) is 8. The van der Waals surface area contributed by atoms with Crippen molar-refractivity contribution in [1.29, 1.82) is 5.41 Å². The van der Waals surface area contributed by atoms with Crippen LogP contribution in [0.5, 0.6) is 5.75 Å². The molecule has 0 spiro atoms. The van der Waals surface area contributed by atoms with Crippen LogP contribution in [0.25, 0.3) is 0 Å². The van der Waals surface area contributed by atoms with Gasteiger partial charge in [-0.2, -0.15) is 8.42 Å². The van der Waals surface area contributed by atoms with Crippen LogP contribution in [0.3, 0.4) is 0 Å². The molecule has 0 saturated carbocycles. The van der Waals surface area contributed by atoms with Gasteiger partial charge in [0, 0.05) is 11.4 Å². The Hall–Kier alpha value is -2.92. The van der Waals surface area contributed by atoms with Crippen molar-refractivity contribution >= 4 is 33.7 Å². The lowest BCUT2D eigenvalue weighted by molar-refractivity contribution is -0.128. The third kappa shape index (κ3) is 4.40. The number of rotatable bonds is 6. The van der Waals surface area contributed by atoms with E-state index < -0.39 is 33.5 Å². The topological polar surface area (TPSA) is 120 Å². The molecule has 0 radical (unpaired) electrons. The van der Waals surface area contributed by atoms with Gasteiger partial charge in [-0.1, -0.05) is 0 Å². The van der Waals surface area contributed by atoms with Crippen LogP contribution in [0.15, 0.2) is 46.6 Å². The zero-order valence-electron chi connectivity index (χ0n) is 15.3. The van der Waals surface area contributed by atoms with Crippen LogP contribution >= 0.6 is 11.3 Å². The highest BCUT2D eigenvalue weighted by atomic mass is 32.2. The molecule has 0 aliphatic carbocycles. The summed E-state index contributed by atoms with van der Waals surface area (Å²) in [4.78, 5) is 13.8. The first-order valence-electron chi connectivity index (χ1n) is 8.45. The van der Waals surface area contributed by atoms with E-state index in [0.29, 0.717) is 16.3 Å². The highest BCUT2D eigenvalue weighted by Crippen LogP contribution is 2.29. The summed E-state index contributed by atoms with van der Waals surface area (Å²) >= 11 is 1.01. The van der Waals surface area contributed by atoms with Gasteiger partial charge in [0.2, 0.25) is 11.8 Å². The van der Waals surface area contributed by atoms with Crippen LogP contribution in [0, 0.1) is 24.1 Å². The van der Waals surface area contributed by atoms with Gasteiger partial charge >= 0.3 is 0 Å². The molecule has 1 aromatic carbocycles. The molecule has 1 aromatic heterocycles. The summed E-state index contributed by atoms with van der Waals surface area (Å²) in [6.45, 7) is 1.66. The number of aliphatic hydroxyl groups excluding tert-OH is 1. The number of benzene rings is 1. The molecule has 2 heterocycles. The maximum Gasteiger partial charge on any atom is 0.280 e. The number of nitrogens with zero attached hydrogens (tertiary/aromatic N) is 1. The Labute approximate surface area is 170 Å². The average molecular weight is 439 g/mol. The van der Waals surface area contributed by atoms with Gasteiger partial charge in [0.05, 0.1) is 12.1 Å². The second-order valence-electron chi connectivity index (χ2n) is 6.29. The second-order valence-corrected chi connectivity index (χ2v) is 9.62. The van der Waals surface area contributed by atoms with Crippen molar-refractivity contribution in [2.24, 2.45) is 5.92 Å². The average Bonchev–Trinajstić information content (AvgIpc) is 3.06. The van der Waals surface area contributed by atoms with E-state index in [9.17, 15) is 22.7 Å². The number of amides is 1. The van der Waals surface area contributed by atoms with E-state index in [2.05, 4.69) is 5.32 Å². The summed E-state index contributed by atoms with van der Waals surface area (Å²) in [6.07, 6.45) is 1.43. The van der Waals surface area contributed by atoms with E-state index in [0.717, 1.165) is 34.5 Å². The number of sulfonamides is 1. The summed E-state index contributed by atoms with van der Waals surface area (Å²) < 4.78 is 45.1. The number of thiophene rings is 1. The van der Waals surface area contributed by atoms with Gasteiger partial charge < -0.3 is 15.2 Å². The molecule has 154 valence electrons. The van der Waals surface area contributed by atoms with Gasteiger partial charge in [-0.25, -0.2) is 8.70 Å². The number of halogens is 1. The predicted molar refractivity (Wildman–Crippen MR) is 105 cm³/mol. The summed E-state index contributed by atoms with van der Waals surface area (Å²) in [5, 5.41) is 19.6. The number of carbonyl (C=O) groups is 1. The summed E-state index contributed by atoms with van der Waals surface area (Å²) in [7, 11) is -4.22. The quantitative estimate of drug-likeness (QED) is 0.470. The van der Waals surface area contributed by atoms with Crippen molar-refractivity contribution in [2.75, 3.05) is 6.54 Å². The van der Waals surface area contributed by atoms with E-state index in [1.165, 1.54) is 12.1 Å². The first-order chi connectivity index (χ1) is 13.7. The van der Waals surface area contributed by atoms with Crippen LogP contribution in [0.2, 0.25) is 0 Å². The molecule has 0 saturated heterocycles. The van der Waals surface area contributed by atoms with Crippen molar-refractivity contribution in [3.05, 3.63) is 58.7 Å². The fourth-order valence-electron chi connectivity index (χ4n) is 2.86. The summed E-state index contributed by atoms with van der Waals surface area (Å²) in [5.41, 5.74) is 0.291. The molecular formula is C18H18FN3O5S2. The fraction of sp³-hybridized carbons (Fsp3) is 0.222. The zero-order valence-corrected chi connectivity index (χ0v) is 16.9. The van der Waals surface area contributed by atoms with Crippen molar-refractivity contribution in [3.63, 3.8) is 0 Å².